The molecule has 0 aliphatic carbocycles. The molecule has 0 aromatic heterocycles. The SMILES string of the molecule is COC(=O)[C@H](C)NC(=O)[C@@H]1CCCN1C(=O)OCc1ccccc1. The number of likely N-dealkylation sites (tertiary alicyclic amines) is 1. The Morgan fingerprint density at radius 1 is 1.29 bits per heavy atom. The maximum Gasteiger partial charge on any atom is 0.410 e. The summed E-state index contributed by atoms with van der Waals surface area (Å²) in [6.45, 7) is 2.15. The molecule has 0 radical (unpaired) electrons. The molecule has 2 atom stereocenters. The van der Waals surface area contributed by atoms with E-state index in [4.69, 9.17) is 4.74 Å². The molecule has 1 aliphatic rings. The highest BCUT2D eigenvalue weighted by molar-refractivity contribution is 5.89. The van der Waals surface area contributed by atoms with Crippen molar-refractivity contribution in [3.05, 3.63) is 35.9 Å². The third-order valence-electron chi connectivity index (χ3n) is 3.91. The zero-order valence-corrected chi connectivity index (χ0v) is 13.9. The van der Waals surface area contributed by atoms with Gasteiger partial charge in [0.05, 0.1) is 7.11 Å². The molecule has 2 rings (SSSR count). The number of carbonyl (C=O) groups is 3. The summed E-state index contributed by atoms with van der Waals surface area (Å²) in [4.78, 5) is 37.3. The summed E-state index contributed by atoms with van der Waals surface area (Å²) in [7, 11) is 1.26. The van der Waals surface area contributed by atoms with Crippen LogP contribution in [0.1, 0.15) is 25.3 Å². The van der Waals surface area contributed by atoms with E-state index < -0.39 is 24.1 Å². The number of benzene rings is 1. The van der Waals surface area contributed by atoms with Crippen LogP contribution < -0.4 is 5.32 Å². The van der Waals surface area contributed by atoms with Gasteiger partial charge in [-0.15, -0.1) is 0 Å². The monoisotopic (exact) mass is 334 g/mol. The van der Waals surface area contributed by atoms with Crippen molar-refractivity contribution in [2.24, 2.45) is 0 Å². The lowest BCUT2D eigenvalue weighted by Gasteiger charge is -2.24. The quantitative estimate of drug-likeness (QED) is 0.824. The largest absolute Gasteiger partial charge is 0.467 e. The highest BCUT2D eigenvalue weighted by Crippen LogP contribution is 2.19. The van der Waals surface area contributed by atoms with Crippen LogP contribution in [0, 0.1) is 0 Å². The molecule has 1 saturated heterocycles. The van der Waals surface area contributed by atoms with Crippen LogP contribution in [0.25, 0.3) is 0 Å². The van der Waals surface area contributed by atoms with Crippen molar-refractivity contribution in [3.63, 3.8) is 0 Å². The number of nitrogens with zero attached hydrogens (tertiary/aromatic N) is 1. The number of hydrogen-bond donors (Lipinski definition) is 1. The van der Waals surface area contributed by atoms with Gasteiger partial charge in [0.1, 0.15) is 18.7 Å². The van der Waals surface area contributed by atoms with Crippen molar-refractivity contribution < 1.29 is 23.9 Å². The first kappa shape index (κ1) is 17.8. The summed E-state index contributed by atoms with van der Waals surface area (Å²) in [5.74, 6) is -0.901. The van der Waals surface area contributed by atoms with Gasteiger partial charge in [0.25, 0.3) is 0 Å². The summed E-state index contributed by atoms with van der Waals surface area (Å²) < 4.78 is 9.86. The average Bonchev–Trinajstić information content (AvgIpc) is 3.09. The Kier molecular flexibility index (Phi) is 6.17. The molecule has 2 amide bonds. The van der Waals surface area contributed by atoms with Crippen molar-refractivity contribution in [2.75, 3.05) is 13.7 Å². The molecule has 1 N–H and O–H groups in total. The molecular weight excluding hydrogens is 312 g/mol. The molecule has 1 heterocycles. The number of nitrogens with one attached hydrogen (secondary N) is 1. The van der Waals surface area contributed by atoms with Gasteiger partial charge >= 0.3 is 12.1 Å². The van der Waals surface area contributed by atoms with E-state index >= 15 is 0 Å². The summed E-state index contributed by atoms with van der Waals surface area (Å²) in [6, 6.07) is 7.95. The van der Waals surface area contributed by atoms with Crippen LogP contribution in [0.2, 0.25) is 0 Å². The van der Waals surface area contributed by atoms with Gasteiger partial charge in [-0.3, -0.25) is 9.69 Å². The van der Waals surface area contributed by atoms with Crippen molar-refractivity contribution in [1.29, 1.82) is 0 Å². The Morgan fingerprint density at radius 3 is 2.67 bits per heavy atom. The lowest BCUT2D eigenvalue weighted by molar-refractivity contribution is -0.145. The van der Waals surface area contributed by atoms with Crippen molar-refractivity contribution in [3.8, 4) is 0 Å². The Hall–Kier alpha value is -2.57. The van der Waals surface area contributed by atoms with Gasteiger partial charge < -0.3 is 14.8 Å². The Balaban J connectivity index is 1.90. The van der Waals surface area contributed by atoms with Gasteiger partial charge in [-0.1, -0.05) is 30.3 Å². The molecule has 0 unspecified atom stereocenters. The highest BCUT2D eigenvalue weighted by Gasteiger charge is 2.36. The minimum absolute atomic E-state index is 0.156. The van der Waals surface area contributed by atoms with E-state index in [0.29, 0.717) is 19.4 Å². The molecule has 24 heavy (non-hydrogen) atoms. The van der Waals surface area contributed by atoms with Crippen molar-refractivity contribution >= 4 is 18.0 Å². The number of rotatable bonds is 5. The predicted octanol–water partition coefficient (Wildman–Crippen LogP) is 1.47. The van der Waals surface area contributed by atoms with Gasteiger partial charge in [0.15, 0.2) is 0 Å². The van der Waals surface area contributed by atoms with E-state index in [0.717, 1.165) is 5.56 Å². The molecule has 0 saturated carbocycles. The van der Waals surface area contributed by atoms with Crippen LogP contribution in [0.3, 0.4) is 0 Å². The number of esters is 1. The van der Waals surface area contributed by atoms with Gasteiger partial charge in [0, 0.05) is 6.54 Å². The van der Waals surface area contributed by atoms with Crippen LogP contribution in [0.5, 0.6) is 0 Å². The van der Waals surface area contributed by atoms with Gasteiger partial charge in [-0.2, -0.15) is 0 Å². The van der Waals surface area contributed by atoms with Crippen LogP contribution in [0.4, 0.5) is 4.79 Å². The Morgan fingerprint density at radius 2 is 2.00 bits per heavy atom. The second-order valence-corrected chi connectivity index (χ2v) is 5.65. The molecule has 1 aromatic carbocycles. The fraction of sp³-hybridized carbons (Fsp3) is 0.471. The second-order valence-electron chi connectivity index (χ2n) is 5.65. The molecule has 130 valence electrons. The number of ether oxygens (including phenoxy) is 2. The minimum Gasteiger partial charge on any atom is -0.467 e. The molecule has 7 nitrogen and oxygen atoms in total. The van der Waals surface area contributed by atoms with Crippen LogP contribution in [-0.2, 0) is 25.7 Å². The topological polar surface area (TPSA) is 84.9 Å². The average molecular weight is 334 g/mol. The molecule has 0 spiro atoms. The fourth-order valence-corrected chi connectivity index (χ4v) is 2.61. The predicted molar refractivity (Wildman–Crippen MR) is 86.0 cm³/mol. The van der Waals surface area contributed by atoms with E-state index in [9.17, 15) is 14.4 Å². The molecule has 1 fully saturated rings. The number of hydrogen-bond acceptors (Lipinski definition) is 5. The lowest BCUT2D eigenvalue weighted by atomic mass is 10.2. The zero-order chi connectivity index (χ0) is 17.5. The van der Waals surface area contributed by atoms with Gasteiger partial charge in [0.2, 0.25) is 5.91 Å². The zero-order valence-electron chi connectivity index (χ0n) is 13.9. The van der Waals surface area contributed by atoms with Crippen molar-refractivity contribution in [2.45, 2.75) is 38.5 Å². The fourth-order valence-electron chi connectivity index (χ4n) is 2.61. The number of carbonyl (C=O) groups excluding carboxylic acids is 3. The summed E-state index contributed by atoms with van der Waals surface area (Å²) in [5.41, 5.74) is 0.880. The maximum atomic E-state index is 12.3. The highest BCUT2D eigenvalue weighted by atomic mass is 16.6. The molecule has 7 heteroatoms. The molecular formula is C17H22N2O5. The van der Waals surface area contributed by atoms with E-state index in [1.54, 1.807) is 0 Å². The molecule has 1 aromatic rings. The Labute approximate surface area is 140 Å². The second kappa shape index (κ2) is 8.33. The third-order valence-corrected chi connectivity index (χ3v) is 3.91. The van der Waals surface area contributed by atoms with E-state index in [2.05, 4.69) is 10.1 Å². The number of amides is 2. The standard InChI is InChI=1S/C17H22N2O5/c1-12(16(21)23-2)18-15(20)14-9-6-10-19(14)17(22)24-11-13-7-4-3-5-8-13/h3-5,7-8,12,14H,6,9-11H2,1-2H3,(H,18,20)/t12-,14-/m0/s1. The normalized spacial score (nSPS) is 17.9. The third kappa shape index (κ3) is 4.47. The van der Waals surface area contributed by atoms with Crippen LogP contribution >= 0.6 is 0 Å². The molecule has 1 aliphatic heterocycles. The lowest BCUT2D eigenvalue weighted by Crippen LogP contribution is -2.50. The molecule has 0 bridgehead atoms. The van der Waals surface area contributed by atoms with Gasteiger partial charge in [-0.25, -0.2) is 9.59 Å². The van der Waals surface area contributed by atoms with Crippen LogP contribution in [0.15, 0.2) is 30.3 Å². The minimum atomic E-state index is -0.759. The maximum absolute atomic E-state index is 12.3. The summed E-state index contributed by atoms with van der Waals surface area (Å²) in [5, 5.41) is 2.57. The summed E-state index contributed by atoms with van der Waals surface area (Å²) >= 11 is 0. The number of methoxy groups -OCH3 is 1. The first-order valence-electron chi connectivity index (χ1n) is 7.88. The first-order chi connectivity index (χ1) is 11.5. The van der Waals surface area contributed by atoms with Crippen LogP contribution in [-0.4, -0.2) is 48.6 Å². The van der Waals surface area contributed by atoms with Gasteiger partial charge in [-0.05, 0) is 25.3 Å². The smallest absolute Gasteiger partial charge is 0.410 e. The summed E-state index contributed by atoms with van der Waals surface area (Å²) in [6.07, 6.45) is 0.730. The first-order valence-corrected chi connectivity index (χ1v) is 7.88. The van der Waals surface area contributed by atoms with E-state index in [1.165, 1.54) is 18.9 Å². The van der Waals surface area contributed by atoms with Crippen molar-refractivity contribution in [1.82, 2.24) is 10.2 Å². The van der Waals surface area contributed by atoms with E-state index in [-0.39, 0.29) is 12.5 Å². The Bertz CT molecular complexity index is 590. The van der Waals surface area contributed by atoms with E-state index in [1.807, 2.05) is 30.3 Å².